The molecule has 6 heteroatoms. The number of ether oxygens (including phenoxy) is 2. The first kappa shape index (κ1) is 23.5. The van der Waals surface area contributed by atoms with Crippen molar-refractivity contribution in [2.75, 3.05) is 20.2 Å². The van der Waals surface area contributed by atoms with Gasteiger partial charge in [0.2, 0.25) is 0 Å². The number of imide groups is 1. The van der Waals surface area contributed by atoms with Crippen LogP contribution in [0.5, 0.6) is 5.75 Å². The van der Waals surface area contributed by atoms with Gasteiger partial charge in [-0.15, -0.1) is 0 Å². The number of nitrogens with zero attached hydrogens (tertiary/aromatic N) is 2. The van der Waals surface area contributed by atoms with Crippen LogP contribution in [0, 0.1) is 0 Å². The predicted octanol–water partition coefficient (Wildman–Crippen LogP) is 4.55. The van der Waals surface area contributed by atoms with Crippen LogP contribution in [0.15, 0.2) is 91.0 Å². The van der Waals surface area contributed by atoms with E-state index < -0.39 is 12.2 Å². The molecule has 1 heterocycles. The lowest BCUT2D eigenvalue weighted by atomic mass is 10.0. The van der Waals surface area contributed by atoms with Crippen molar-refractivity contribution in [3.63, 3.8) is 0 Å². The SMILES string of the molecule is CN(CC[C@@H](Oc1ccccc1)C(=O)N1C(=O)OC[C@@H]1Cc1ccccc1)Cc1ccccc1. The van der Waals surface area contributed by atoms with Crippen LogP contribution in [0.1, 0.15) is 17.5 Å². The second kappa shape index (κ2) is 11.5. The Hall–Kier alpha value is -3.64. The summed E-state index contributed by atoms with van der Waals surface area (Å²) >= 11 is 0. The van der Waals surface area contributed by atoms with Crippen LogP contribution in [-0.2, 0) is 22.5 Å². The van der Waals surface area contributed by atoms with E-state index in [2.05, 4.69) is 17.0 Å². The Morgan fingerprint density at radius 1 is 0.971 bits per heavy atom. The molecule has 2 atom stereocenters. The highest BCUT2D eigenvalue weighted by atomic mass is 16.6. The monoisotopic (exact) mass is 458 g/mol. The van der Waals surface area contributed by atoms with E-state index in [0.29, 0.717) is 25.1 Å². The second-order valence-corrected chi connectivity index (χ2v) is 8.56. The van der Waals surface area contributed by atoms with Gasteiger partial charge in [-0.1, -0.05) is 78.9 Å². The quantitative estimate of drug-likeness (QED) is 0.446. The van der Waals surface area contributed by atoms with Gasteiger partial charge in [-0.25, -0.2) is 9.69 Å². The Bertz CT molecular complexity index is 1060. The molecule has 1 aliphatic heterocycles. The molecular weight excluding hydrogens is 428 g/mol. The summed E-state index contributed by atoms with van der Waals surface area (Å²) < 4.78 is 11.4. The molecule has 0 aliphatic carbocycles. The number of para-hydroxylation sites is 1. The summed E-state index contributed by atoms with van der Waals surface area (Å²) in [5.41, 5.74) is 2.25. The lowest BCUT2D eigenvalue weighted by Gasteiger charge is -2.27. The van der Waals surface area contributed by atoms with E-state index in [1.807, 2.05) is 85.9 Å². The van der Waals surface area contributed by atoms with E-state index in [-0.39, 0.29) is 18.6 Å². The molecule has 3 aromatic rings. The maximum Gasteiger partial charge on any atom is 0.417 e. The number of rotatable bonds is 10. The van der Waals surface area contributed by atoms with Crippen molar-refractivity contribution in [2.45, 2.75) is 31.5 Å². The van der Waals surface area contributed by atoms with Crippen LogP contribution >= 0.6 is 0 Å². The molecule has 0 bridgehead atoms. The highest BCUT2D eigenvalue weighted by Crippen LogP contribution is 2.22. The summed E-state index contributed by atoms with van der Waals surface area (Å²) in [5, 5.41) is 0. The maximum absolute atomic E-state index is 13.6. The molecule has 34 heavy (non-hydrogen) atoms. The van der Waals surface area contributed by atoms with E-state index in [0.717, 1.165) is 12.1 Å². The minimum atomic E-state index is -0.801. The van der Waals surface area contributed by atoms with Gasteiger partial charge in [0.15, 0.2) is 6.10 Å². The first-order valence-corrected chi connectivity index (χ1v) is 11.6. The van der Waals surface area contributed by atoms with Gasteiger partial charge >= 0.3 is 6.09 Å². The smallest absolute Gasteiger partial charge is 0.417 e. The molecule has 2 amide bonds. The van der Waals surface area contributed by atoms with Gasteiger partial charge in [0, 0.05) is 19.5 Å². The molecule has 0 aromatic heterocycles. The van der Waals surface area contributed by atoms with E-state index >= 15 is 0 Å². The molecule has 0 saturated carbocycles. The zero-order valence-corrected chi connectivity index (χ0v) is 19.4. The number of hydrogen-bond acceptors (Lipinski definition) is 5. The van der Waals surface area contributed by atoms with Crippen molar-refractivity contribution in [1.82, 2.24) is 9.80 Å². The van der Waals surface area contributed by atoms with Gasteiger partial charge in [0.25, 0.3) is 5.91 Å². The van der Waals surface area contributed by atoms with Crippen molar-refractivity contribution < 1.29 is 19.1 Å². The van der Waals surface area contributed by atoms with Gasteiger partial charge in [-0.3, -0.25) is 4.79 Å². The lowest BCUT2D eigenvalue weighted by molar-refractivity contribution is -0.137. The van der Waals surface area contributed by atoms with Crippen molar-refractivity contribution >= 4 is 12.0 Å². The van der Waals surface area contributed by atoms with Crippen molar-refractivity contribution in [2.24, 2.45) is 0 Å². The lowest BCUT2D eigenvalue weighted by Crippen LogP contribution is -2.48. The number of carbonyl (C=O) groups excluding carboxylic acids is 2. The molecule has 4 rings (SSSR count). The van der Waals surface area contributed by atoms with Crippen molar-refractivity contribution in [3.05, 3.63) is 102 Å². The predicted molar refractivity (Wildman–Crippen MR) is 130 cm³/mol. The van der Waals surface area contributed by atoms with E-state index in [4.69, 9.17) is 9.47 Å². The van der Waals surface area contributed by atoms with Gasteiger partial charge < -0.3 is 14.4 Å². The zero-order valence-electron chi connectivity index (χ0n) is 19.4. The molecule has 1 aliphatic rings. The Kier molecular flexibility index (Phi) is 7.94. The Balaban J connectivity index is 1.47. The van der Waals surface area contributed by atoms with Crippen LogP contribution < -0.4 is 4.74 Å². The molecule has 3 aromatic carbocycles. The minimum Gasteiger partial charge on any atom is -0.481 e. The number of cyclic esters (lactones) is 1. The molecule has 6 nitrogen and oxygen atoms in total. The highest BCUT2D eigenvalue weighted by Gasteiger charge is 2.41. The van der Waals surface area contributed by atoms with Gasteiger partial charge in [-0.2, -0.15) is 0 Å². The van der Waals surface area contributed by atoms with E-state index in [1.165, 1.54) is 10.5 Å². The van der Waals surface area contributed by atoms with Gasteiger partial charge in [-0.05, 0) is 36.7 Å². The molecule has 0 N–H and O–H groups in total. The molecule has 0 unspecified atom stereocenters. The zero-order chi connectivity index (χ0) is 23.8. The largest absolute Gasteiger partial charge is 0.481 e. The fourth-order valence-electron chi connectivity index (χ4n) is 4.13. The summed E-state index contributed by atoms with van der Waals surface area (Å²) in [6.07, 6.45) is -0.418. The number of carbonyl (C=O) groups is 2. The third-order valence-electron chi connectivity index (χ3n) is 5.88. The molecular formula is C28H30N2O4. The van der Waals surface area contributed by atoms with Crippen molar-refractivity contribution in [3.8, 4) is 5.75 Å². The Labute approximate surface area is 200 Å². The Morgan fingerprint density at radius 3 is 2.21 bits per heavy atom. The summed E-state index contributed by atoms with van der Waals surface area (Å²) in [5.74, 6) is 0.235. The van der Waals surface area contributed by atoms with Crippen LogP contribution in [0.2, 0.25) is 0 Å². The molecule has 176 valence electrons. The van der Waals surface area contributed by atoms with Crippen molar-refractivity contribution in [1.29, 1.82) is 0 Å². The highest BCUT2D eigenvalue weighted by molar-refractivity contribution is 5.96. The van der Waals surface area contributed by atoms with Gasteiger partial charge in [0.1, 0.15) is 12.4 Å². The summed E-state index contributed by atoms with van der Waals surface area (Å²) in [7, 11) is 2.01. The van der Waals surface area contributed by atoms with E-state index in [9.17, 15) is 9.59 Å². The number of amides is 2. The summed E-state index contributed by atoms with van der Waals surface area (Å²) in [6.45, 7) is 1.57. The Morgan fingerprint density at radius 2 is 1.56 bits per heavy atom. The summed E-state index contributed by atoms with van der Waals surface area (Å²) in [6, 6.07) is 28.9. The van der Waals surface area contributed by atoms with Crippen LogP contribution in [0.3, 0.4) is 0 Å². The maximum atomic E-state index is 13.6. The van der Waals surface area contributed by atoms with E-state index in [1.54, 1.807) is 0 Å². The standard InChI is InChI=1S/C28H30N2O4/c1-29(20-23-13-7-3-8-14-23)18-17-26(34-25-15-9-4-10-16-25)27(31)30-24(21-33-28(30)32)19-22-11-5-2-6-12-22/h2-16,24,26H,17-21H2,1H3/t24-,26+/m0/s1. The molecule has 1 fully saturated rings. The average Bonchev–Trinajstić information content (AvgIpc) is 3.22. The first-order chi connectivity index (χ1) is 16.6. The topological polar surface area (TPSA) is 59.1 Å². The number of benzene rings is 3. The fourth-order valence-corrected chi connectivity index (χ4v) is 4.13. The van der Waals surface area contributed by atoms with Crippen LogP contribution in [0.25, 0.3) is 0 Å². The normalized spacial score (nSPS) is 16.4. The third kappa shape index (κ3) is 6.23. The first-order valence-electron chi connectivity index (χ1n) is 11.6. The third-order valence-corrected chi connectivity index (χ3v) is 5.88. The second-order valence-electron chi connectivity index (χ2n) is 8.56. The summed E-state index contributed by atoms with van der Waals surface area (Å²) in [4.78, 5) is 29.6. The van der Waals surface area contributed by atoms with Crippen LogP contribution in [0.4, 0.5) is 4.79 Å². The molecule has 0 spiro atoms. The molecule has 1 saturated heterocycles. The average molecular weight is 459 g/mol. The number of hydrogen-bond donors (Lipinski definition) is 0. The van der Waals surface area contributed by atoms with Crippen LogP contribution in [-0.4, -0.2) is 54.1 Å². The fraction of sp³-hybridized carbons (Fsp3) is 0.286. The molecule has 0 radical (unpaired) electrons. The minimum absolute atomic E-state index is 0.186. The van der Waals surface area contributed by atoms with Gasteiger partial charge in [0.05, 0.1) is 6.04 Å².